The molecular weight excluding hydrogens is 280 g/mol. The minimum absolute atomic E-state index is 0.0538. The maximum absolute atomic E-state index is 12.4. The third-order valence-electron chi connectivity index (χ3n) is 4.35. The summed E-state index contributed by atoms with van der Waals surface area (Å²) in [5.74, 6) is -0.775. The molecule has 1 amide bonds. The van der Waals surface area contributed by atoms with Crippen molar-refractivity contribution in [3.8, 4) is 0 Å². The fourth-order valence-corrected chi connectivity index (χ4v) is 3.27. The summed E-state index contributed by atoms with van der Waals surface area (Å²) in [5.41, 5.74) is 1.12. The zero-order valence-electron chi connectivity index (χ0n) is 12.4. The SMILES string of the molecule is O=C(O)CC1CCCN1C(=O)CCn1ccc2ccccc21. The van der Waals surface area contributed by atoms with E-state index in [9.17, 15) is 9.59 Å². The van der Waals surface area contributed by atoms with Gasteiger partial charge in [-0.3, -0.25) is 9.59 Å². The molecule has 0 aliphatic carbocycles. The Bertz CT molecular complexity index is 692. The summed E-state index contributed by atoms with van der Waals surface area (Å²) in [6, 6.07) is 10.00. The van der Waals surface area contributed by atoms with Crippen LogP contribution in [-0.4, -0.2) is 39.0 Å². The van der Waals surface area contributed by atoms with Crippen molar-refractivity contribution in [2.45, 2.75) is 38.3 Å². The summed E-state index contributed by atoms with van der Waals surface area (Å²) < 4.78 is 2.08. The van der Waals surface area contributed by atoms with Gasteiger partial charge in [-0.05, 0) is 30.4 Å². The third kappa shape index (κ3) is 2.98. The van der Waals surface area contributed by atoms with Crippen LogP contribution in [0.3, 0.4) is 0 Å². The molecule has 1 unspecified atom stereocenters. The molecule has 0 spiro atoms. The maximum atomic E-state index is 12.4. The summed E-state index contributed by atoms with van der Waals surface area (Å²) in [4.78, 5) is 25.0. The Balaban J connectivity index is 1.63. The van der Waals surface area contributed by atoms with Crippen molar-refractivity contribution in [2.24, 2.45) is 0 Å². The Labute approximate surface area is 129 Å². The van der Waals surface area contributed by atoms with E-state index in [1.165, 1.54) is 5.39 Å². The van der Waals surface area contributed by atoms with Gasteiger partial charge in [-0.2, -0.15) is 0 Å². The average molecular weight is 300 g/mol. The first-order valence-electron chi connectivity index (χ1n) is 7.70. The Morgan fingerprint density at radius 3 is 2.86 bits per heavy atom. The zero-order valence-corrected chi connectivity index (χ0v) is 12.4. The van der Waals surface area contributed by atoms with Gasteiger partial charge in [0.25, 0.3) is 0 Å². The van der Waals surface area contributed by atoms with Gasteiger partial charge in [0, 0.05) is 37.3 Å². The lowest BCUT2D eigenvalue weighted by molar-refractivity contribution is -0.139. The normalized spacial score (nSPS) is 18.0. The highest BCUT2D eigenvalue weighted by molar-refractivity contribution is 5.81. The number of para-hydroxylation sites is 1. The van der Waals surface area contributed by atoms with E-state index in [0.717, 1.165) is 18.4 Å². The second-order valence-electron chi connectivity index (χ2n) is 5.80. The van der Waals surface area contributed by atoms with Crippen molar-refractivity contribution >= 4 is 22.8 Å². The molecule has 1 fully saturated rings. The summed E-state index contributed by atoms with van der Waals surface area (Å²) in [5, 5.41) is 10.1. The molecule has 0 saturated carbocycles. The van der Waals surface area contributed by atoms with Gasteiger partial charge in [0.05, 0.1) is 6.42 Å². The maximum Gasteiger partial charge on any atom is 0.305 e. The van der Waals surface area contributed by atoms with Crippen LogP contribution in [0.15, 0.2) is 36.5 Å². The first-order valence-corrected chi connectivity index (χ1v) is 7.70. The number of nitrogens with zero attached hydrogens (tertiary/aromatic N) is 2. The summed E-state index contributed by atoms with van der Waals surface area (Å²) in [6.07, 6.45) is 4.16. The number of carboxylic acid groups (broad SMARTS) is 1. The molecule has 22 heavy (non-hydrogen) atoms. The molecule has 1 aromatic heterocycles. The number of hydrogen-bond donors (Lipinski definition) is 1. The lowest BCUT2D eigenvalue weighted by Crippen LogP contribution is -2.37. The second kappa shape index (κ2) is 6.22. The molecule has 1 aromatic carbocycles. The van der Waals surface area contributed by atoms with E-state index in [1.54, 1.807) is 4.90 Å². The Hall–Kier alpha value is -2.30. The third-order valence-corrected chi connectivity index (χ3v) is 4.35. The largest absolute Gasteiger partial charge is 0.481 e. The molecule has 1 aliphatic heterocycles. The number of fused-ring (bicyclic) bond motifs is 1. The van der Waals surface area contributed by atoms with Gasteiger partial charge in [-0.25, -0.2) is 0 Å². The number of carbonyl (C=O) groups is 2. The first kappa shape index (κ1) is 14.6. The number of rotatable bonds is 5. The smallest absolute Gasteiger partial charge is 0.305 e. The first-order chi connectivity index (χ1) is 10.6. The molecule has 1 aliphatic rings. The van der Waals surface area contributed by atoms with E-state index in [1.807, 2.05) is 30.5 Å². The average Bonchev–Trinajstić information content (AvgIpc) is 3.11. The van der Waals surface area contributed by atoms with Crippen molar-refractivity contribution in [3.63, 3.8) is 0 Å². The minimum Gasteiger partial charge on any atom is -0.481 e. The van der Waals surface area contributed by atoms with Crippen LogP contribution in [0.5, 0.6) is 0 Å². The van der Waals surface area contributed by atoms with Gasteiger partial charge < -0.3 is 14.6 Å². The van der Waals surface area contributed by atoms with Crippen molar-refractivity contribution in [1.29, 1.82) is 0 Å². The Morgan fingerprint density at radius 2 is 2.05 bits per heavy atom. The van der Waals surface area contributed by atoms with Crippen molar-refractivity contribution in [3.05, 3.63) is 36.5 Å². The van der Waals surface area contributed by atoms with E-state index in [4.69, 9.17) is 5.11 Å². The second-order valence-corrected chi connectivity index (χ2v) is 5.80. The number of likely N-dealkylation sites (tertiary alicyclic amines) is 1. The molecule has 116 valence electrons. The number of aliphatic carboxylic acids is 1. The van der Waals surface area contributed by atoms with E-state index < -0.39 is 5.97 Å². The fraction of sp³-hybridized carbons (Fsp3) is 0.412. The van der Waals surface area contributed by atoms with Crippen LogP contribution in [0.1, 0.15) is 25.7 Å². The van der Waals surface area contributed by atoms with Crippen LogP contribution in [0.2, 0.25) is 0 Å². The molecular formula is C17H20N2O3. The number of benzene rings is 1. The highest BCUT2D eigenvalue weighted by atomic mass is 16.4. The number of hydrogen-bond acceptors (Lipinski definition) is 2. The molecule has 1 saturated heterocycles. The van der Waals surface area contributed by atoms with E-state index in [-0.39, 0.29) is 18.4 Å². The molecule has 5 heteroatoms. The Morgan fingerprint density at radius 1 is 1.23 bits per heavy atom. The van der Waals surface area contributed by atoms with E-state index >= 15 is 0 Å². The highest BCUT2D eigenvalue weighted by Crippen LogP contribution is 2.22. The van der Waals surface area contributed by atoms with Gasteiger partial charge in [0.15, 0.2) is 0 Å². The van der Waals surface area contributed by atoms with Crippen molar-refractivity contribution in [2.75, 3.05) is 6.54 Å². The predicted molar refractivity (Wildman–Crippen MR) is 83.5 cm³/mol. The van der Waals surface area contributed by atoms with Crippen LogP contribution in [0.25, 0.3) is 10.9 Å². The van der Waals surface area contributed by atoms with Crippen molar-refractivity contribution in [1.82, 2.24) is 9.47 Å². The molecule has 0 radical (unpaired) electrons. The van der Waals surface area contributed by atoms with Gasteiger partial charge >= 0.3 is 5.97 Å². The molecule has 5 nitrogen and oxygen atoms in total. The van der Waals surface area contributed by atoms with Gasteiger partial charge in [0.2, 0.25) is 5.91 Å². The highest BCUT2D eigenvalue weighted by Gasteiger charge is 2.29. The van der Waals surface area contributed by atoms with Crippen LogP contribution < -0.4 is 0 Å². The van der Waals surface area contributed by atoms with Crippen LogP contribution in [0.4, 0.5) is 0 Å². The van der Waals surface area contributed by atoms with Crippen LogP contribution in [0, 0.1) is 0 Å². The van der Waals surface area contributed by atoms with Crippen LogP contribution >= 0.6 is 0 Å². The molecule has 1 atom stereocenters. The number of carboxylic acids is 1. The number of amides is 1. The predicted octanol–water partition coefficient (Wildman–Crippen LogP) is 2.50. The van der Waals surface area contributed by atoms with Gasteiger partial charge in [-0.15, -0.1) is 0 Å². The molecule has 1 N–H and O–H groups in total. The number of carbonyl (C=O) groups excluding carboxylic acids is 1. The molecule has 2 heterocycles. The fourth-order valence-electron chi connectivity index (χ4n) is 3.27. The lowest BCUT2D eigenvalue weighted by Gasteiger charge is -2.23. The summed E-state index contributed by atoms with van der Waals surface area (Å²) in [6.45, 7) is 1.31. The number of aryl methyl sites for hydroxylation is 1. The summed E-state index contributed by atoms with van der Waals surface area (Å²) >= 11 is 0. The van der Waals surface area contributed by atoms with Crippen LogP contribution in [-0.2, 0) is 16.1 Å². The van der Waals surface area contributed by atoms with Gasteiger partial charge in [-0.1, -0.05) is 18.2 Å². The monoisotopic (exact) mass is 300 g/mol. The number of aromatic nitrogens is 1. The minimum atomic E-state index is -0.832. The molecule has 0 bridgehead atoms. The Kier molecular flexibility index (Phi) is 4.13. The molecule has 3 rings (SSSR count). The standard InChI is InChI=1S/C17H20N2O3/c20-16(19-9-3-5-14(19)12-17(21)22)8-11-18-10-7-13-4-1-2-6-15(13)18/h1-2,4,6-7,10,14H,3,5,8-9,11-12H2,(H,21,22). The van der Waals surface area contributed by atoms with Crippen molar-refractivity contribution < 1.29 is 14.7 Å². The lowest BCUT2D eigenvalue weighted by atomic mass is 10.1. The van der Waals surface area contributed by atoms with E-state index in [2.05, 4.69) is 10.6 Å². The van der Waals surface area contributed by atoms with Gasteiger partial charge in [0.1, 0.15) is 0 Å². The molecule has 2 aromatic rings. The van der Waals surface area contributed by atoms with E-state index in [0.29, 0.717) is 19.5 Å². The quantitative estimate of drug-likeness (QED) is 0.923. The zero-order chi connectivity index (χ0) is 15.5. The topological polar surface area (TPSA) is 62.5 Å². The summed E-state index contributed by atoms with van der Waals surface area (Å²) in [7, 11) is 0.